The van der Waals surface area contributed by atoms with Crippen LogP contribution in [0, 0.1) is 5.92 Å². The van der Waals surface area contributed by atoms with Gasteiger partial charge in [-0.2, -0.15) is 0 Å². The fourth-order valence-electron chi connectivity index (χ4n) is 1.52. The number of allylic oxidation sites excluding steroid dienone is 3. The Morgan fingerprint density at radius 1 is 1.54 bits per heavy atom. The van der Waals surface area contributed by atoms with Crippen LogP contribution in [-0.4, -0.2) is 36.0 Å². The first-order valence-electron chi connectivity index (χ1n) is 4.59. The molecule has 0 fully saturated rings. The Morgan fingerprint density at radius 3 is 2.77 bits per heavy atom. The van der Waals surface area contributed by atoms with Crippen LogP contribution in [0.25, 0.3) is 0 Å². The zero-order chi connectivity index (χ0) is 9.68. The van der Waals surface area contributed by atoms with Crippen LogP contribution in [0.3, 0.4) is 0 Å². The average Bonchev–Trinajstić information content (AvgIpc) is 2.21. The predicted molar refractivity (Wildman–Crippen MR) is 52.3 cm³/mol. The Kier molecular flexibility index (Phi) is 4.15. The number of aliphatic hydroxyl groups excluding tert-OH is 2. The van der Waals surface area contributed by atoms with Crippen molar-refractivity contribution in [3.63, 3.8) is 0 Å². The van der Waals surface area contributed by atoms with Gasteiger partial charge in [0.1, 0.15) is 0 Å². The van der Waals surface area contributed by atoms with E-state index in [1.807, 2.05) is 24.3 Å². The topological polar surface area (TPSA) is 52.5 Å². The van der Waals surface area contributed by atoms with Crippen LogP contribution in [0.5, 0.6) is 0 Å². The first-order valence-corrected chi connectivity index (χ1v) is 4.59. The Labute approximate surface area is 78.8 Å². The highest BCUT2D eigenvalue weighted by atomic mass is 16.3. The standard InChI is InChI=1S/C10H17NO2/c1-11-9(7-12)10(13)8-5-3-2-4-6-8/h2-5,8-13H,6-7H2,1H3/t8?,9-,10-/m0/s1. The van der Waals surface area contributed by atoms with E-state index in [9.17, 15) is 5.11 Å². The van der Waals surface area contributed by atoms with Crippen LogP contribution in [-0.2, 0) is 0 Å². The van der Waals surface area contributed by atoms with E-state index in [2.05, 4.69) is 5.32 Å². The third-order valence-electron chi connectivity index (χ3n) is 2.43. The van der Waals surface area contributed by atoms with Gasteiger partial charge in [-0.25, -0.2) is 0 Å². The van der Waals surface area contributed by atoms with E-state index in [4.69, 9.17) is 5.11 Å². The van der Waals surface area contributed by atoms with Gasteiger partial charge in [0.25, 0.3) is 0 Å². The third-order valence-corrected chi connectivity index (χ3v) is 2.43. The third kappa shape index (κ3) is 2.66. The number of aliphatic hydroxyl groups is 2. The molecule has 1 aliphatic carbocycles. The minimum absolute atomic E-state index is 0.0360. The van der Waals surface area contributed by atoms with Gasteiger partial charge in [0.15, 0.2) is 0 Å². The van der Waals surface area contributed by atoms with Gasteiger partial charge in [-0.1, -0.05) is 24.3 Å². The second kappa shape index (κ2) is 5.17. The van der Waals surface area contributed by atoms with E-state index >= 15 is 0 Å². The average molecular weight is 183 g/mol. The molecule has 0 aromatic carbocycles. The van der Waals surface area contributed by atoms with E-state index in [1.165, 1.54) is 0 Å². The summed E-state index contributed by atoms with van der Waals surface area (Å²) in [6, 6.07) is -0.235. The molecule has 0 aliphatic heterocycles. The van der Waals surface area contributed by atoms with Gasteiger partial charge in [0.05, 0.1) is 18.8 Å². The minimum atomic E-state index is -0.517. The van der Waals surface area contributed by atoms with Gasteiger partial charge in [0, 0.05) is 5.92 Å². The molecule has 0 spiro atoms. The van der Waals surface area contributed by atoms with Gasteiger partial charge in [-0.05, 0) is 13.5 Å². The van der Waals surface area contributed by atoms with E-state index in [-0.39, 0.29) is 18.6 Å². The molecule has 3 nitrogen and oxygen atoms in total. The molecule has 0 aromatic rings. The lowest BCUT2D eigenvalue weighted by Crippen LogP contribution is -2.44. The SMILES string of the molecule is CN[C@@H](CO)[C@@H](O)C1C=CC=CC1. The first-order chi connectivity index (χ1) is 6.29. The van der Waals surface area contributed by atoms with E-state index in [0.717, 1.165) is 6.42 Å². The second-order valence-corrected chi connectivity index (χ2v) is 3.28. The molecule has 0 amide bonds. The summed E-state index contributed by atoms with van der Waals surface area (Å²) in [7, 11) is 1.74. The molecule has 0 heterocycles. The normalized spacial score (nSPS) is 25.9. The summed E-state index contributed by atoms with van der Waals surface area (Å²) in [6.45, 7) is -0.0360. The Balaban J connectivity index is 2.50. The van der Waals surface area contributed by atoms with Gasteiger partial charge in [0.2, 0.25) is 0 Å². The molecule has 3 N–H and O–H groups in total. The quantitative estimate of drug-likeness (QED) is 0.577. The van der Waals surface area contributed by atoms with Crippen molar-refractivity contribution in [2.75, 3.05) is 13.7 Å². The summed E-state index contributed by atoms with van der Waals surface area (Å²) in [5.74, 6) is 0.120. The van der Waals surface area contributed by atoms with Crippen LogP contribution in [0.15, 0.2) is 24.3 Å². The molecule has 3 heteroatoms. The Hall–Kier alpha value is -0.640. The van der Waals surface area contributed by atoms with Gasteiger partial charge in [-0.15, -0.1) is 0 Å². The van der Waals surface area contributed by atoms with Gasteiger partial charge >= 0.3 is 0 Å². The Bertz CT molecular complexity index is 197. The number of likely N-dealkylation sites (N-methyl/N-ethyl adjacent to an activating group) is 1. The maximum atomic E-state index is 9.83. The highest BCUT2D eigenvalue weighted by molar-refractivity contribution is 5.12. The Morgan fingerprint density at radius 2 is 2.31 bits per heavy atom. The molecule has 0 radical (unpaired) electrons. The number of hydrogen-bond acceptors (Lipinski definition) is 3. The van der Waals surface area contributed by atoms with Crippen LogP contribution < -0.4 is 5.32 Å². The summed E-state index contributed by atoms with van der Waals surface area (Å²) >= 11 is 0. The van der Waals surface area contributed by atoms with Crippen molar-refractivity contribution in [3.05, 3.63) is 24.3 Å². The zero-order valence-electron chi connectivity index (χ0n) is 7.85. The summed E-state index contributed by atoms with van der Waals surface area (Å²) < 4.78 is 0. The molecule has 1 rings (SSSR count). The van der Waals surface area contributed by atoms with E-state index in [0.29, 0.717) is 0 Å². The molecule has 0 saturated heterocycles. The number of rotatable bonds is 4. The molecule has 3 atom stereocenters. The summed E-state index contributed by atoms with van der Waals surface area (Å²) in [4.78, 5) is 0. The first kappa shape index (κ1) is 10.4. The van der Waals surface area contributed by atoms with Crippen LogP contribution in [0.2, 0.25) is 0 Å². The van der Waals surface area contributed by atoms with Crippen molar-refractivity contribution in [2.45, 2.75) is 18.6 Å². The van der Waals surface area contributed by atoms with Crippen LogP contribution in [0.4, 0.5) is 0 Å². The van der Waals surface area contributed by atoms with Crippen molar-refractivity contribution in [2.24, 2.45) is 5.92 Å². The van der Waals surface area contributed by atoms with E-state index in [1.54, 1.807) is 7.05 Å². The highest BCUT2D eigenvalue weighted by Crippen LogP contribution is 2.17. The van der Waals surface area contributed by atoms with Crippen LogP contribution in [0.1, 0.15) is 6.42 Å². The highest BCUT2D eigenvalue weighted by Gasteiger charge is 2.23. The minimum Gasteiger partial charge on any atom is -0.395 e. The number of nitrogens with one attached hydrogen (secondary N) is 1. The lowest BCUT2D eigenvalue weighted by atomic mass is 9.90. The van der Waals surface area contributed by atoms with Crippen LogP contribution >= 0.6 is 0 Å². The van der Waals surface area contributed by atoms with Crippen molar-refractivity contribution in [3.8, 4) is 0 Å². The lowest BCUT2D eigenvalue weighted by Gasteiger charge is -2.26. The maximum Gasteiger partial charge on any atom is 0.0781 e. The second-order valence-electron chi connectivity index (χ2n) is 3.28. The lowest BCUT2D eigenvalue weighted by molar-refractivity contribution is 0.0628. The molecule has 0 bridgehead atoms. The van der Waals surface area contributed by atoms with Crippen molar-refractivity contribution < 1.29 is 10.2 Å². The summed E-state index contributed by atoms with van der Waals surface area (Å²) in [5, 5.41) is 21.7. The van der Waals surface area contributed by atoms with E-state index < -0.39 is 6.10 Å². The molecule has 74 valence electrons. The summed E-state index contributed by atoms with van der Waals surface area (Å²) in [5.41, 5.74) is 0. The monoisotopic (exact) mass is 183 g/mol. The smallest absolute Gasteiger partial charge is 0.0781 e. The largest absolute Gasteiger partial charge is 0.395 e. The molecule has 0 saturated carbocycles. The molecular weight excluding hydrogens is 166 g/mol. The van der Waals surface area contributed by atoms with Gasteiger partial charge in [-0.3, -0.25) is 0 Å². The number of hydrogen-bond donors (Lipinski definition) is 3. The maximum absolute atomic E-state index is 9.83. The molecule has 0 aromatic heterocycles. The summed E-state index contributed by atoms with van der Waals surface area (Å²) in [6.07, 6.45) is 8.23. The fourth-order valence-corrected chi connectivity index (χ4v) is 1.52. The molecular formula is C10H17NO2. The molecule has 1 unspecified atom stereocenters. The molecule has 13 heavy (non-hydrogen) atoms. The fraction of sp³-hybridized carbons (Fsp3) is 0.600. The zero-order valence-corrected chi connectivity index (χ0v) is 7.85. The van der Waals surface area contributed by atoms with Crippen molar-refractivity contribution in [1.82, 2.24) is 5.32 Å². The van der Waals surface area contributed by atoms with Crippen molar-refractivity contribution >= 4 is 0 Å². The van der Waals surface area contributed by atoms with Crippen molar-refractivity contribution in [1.29, 1.82) is 0 Å². The van der Waals surface area contributed by atoms with Gasteiger partial charge < -0.3 is 15.5 Å². The predicted octanol–water partition coefficient (Wildman–Crippen LogP) is 0.0599. The molecule has 1 aliphatic rings.